The molecule has 0 saturated carbocycles. The van der Waals surface area contributed by atoms with E-state index in [-0.39, 0.29) is 6.04 Å². The Labute approximate surface area is 112 Å². The van der Waals surface area contributed by atoms with E-state index in [2.05, 4.69) is 28.5 Å². The fourth-order valence-electron chi connectivity index (χ4n) is 2.22. The maximum Gasteiger partial charge on any atom is 0.0931 e. The third-order valence-electron chi connectivity index (χ3n) is 3.03. The number of hydrogen-bond donors (Lipinski definition) is 1. The lowest BCUT2D eigenvalue weighted by molar-refractivity contribution is 0.534. The highest BCUT2D eigenvalue weighted by molar-refractivity contribution is 6.31. The summed E-state index contributed by atoms with van der Waals surface area (Å²) in [5.41, 5.74) is 3.06. The molecule has 2 aromatic rings. The third-order valence-corrected chi connectivity index (χ3v) is 3.32. The van der Waals surface area contributed by atoms with Gasteiger partial charge in [-0.25, -0.2) is 0 Å². The van der Waals surface area contributed by atoms with Crippen LogP contribution < -0.4 is 5.32 Å². The van der Waals surface area contributed by atoms with Gasteiger partial charge in [0, 0.05) is 13.6 Å². The van der Waals surface area contributed by atoms with Gasteiger partial charge in [0.25, 0.3) is 0 Å². The molecule has 0 spiro atoms. The largest absolute Gasteiger partial charge is 0.307 e. The summed E-state index contributed by atoms with van der Waals surface area (Å²) >= 11 is 6.22. The van der Waals surface area contributed by atoms with Gasteiger partial charge in [-0.1, -0.05) is 11.6 Å². The van der Waals surface area contributed by atoms with Crippen LogP contribution in [0.3, 0.4) is 0 Å². The predicted molar refractivity (Wildman–Crippen MR) is 71.8 cm³/mol. The summed E-state index contributed by atoms with van der Waals surface area (Å²) in [7, 11) is 3.81. The molecule has 18 heavy (non-hydrogen) atoms. The van der Waals surface area contributed by atoms with Crippen LogP contribution in [0.25, 0.3) is 0 Å². The van der Waals surface area contributed by atoms with Gasteiger partial charge in [0.15, 0.2) is 0 Å². The first-order chi connectivity index (χ1) is 8.58. The molecule has 2 heterocycles. The minimum atomic E-state index is -0.00819. The number of nitrogens with zero attached hydrogens (tertiary/aromatic N) is 4. The van der Waals surface area contributed by atoms with Crippen LogP contribution in [0.1, 0.15) is 30.0 Å². The van der Waals surface area contributed by atoms with Gasteiger partial charge in [-0.2, -0.15) is 10.2 Å². The Hall–Kier alpha value is -1.33. The molecule has 0 fully saturated rings. The lowest BCUT2D eigenvalue weighted by atomic mass is 10.1. The number of halogens is 1. The second-order valence-electron chi connectivity index (χ2n) is 4.25. The van der Waals surface area contributed by atoms with Gasteiger partial charge >= 0.3 is 0 Å². The van der Waals surface area contributed by atoms with Crippen molar-refractivity contribution in [1.29, 1.82) is 0 Å². The van der Waals surface area contributed by atoms with Gasteiger partial charge in [0.1, 0.15) is 0 Å². The lowest BCUT2D eigenvalue weighted by Gasteiger charge is -2.18. The van der Waals surface area contributed by atoms with Crippen LogP contribution in [0.2, 0.25) is 5.02 Å². The van der Waals surface area contributed by atoms with Crippen molar-refractivity contribution in [2.24, 2.45) is 7.05 Å². The molecule has 5 nitrogen and oxygen atoms in total. The van der Waals surface area contributed by atoms with E-state index >= 15 is 0 Å². The summed E-state index contributed by atoms with van der Waals surface area (Å²) < 4.78 is 3.78. The summed E-state index contributed by atoms with van der Waals surface area (Å²) in [6.45, 7) is 4.90. The zero-order valence-corrected chi connectivity index (χ0v) is 11.9. The van der Waals surface area contributed by atoms with Crippen molar-refractivity contribution >= 4 is 11.6 Å². The zero-order chi connectivity index (χ0) is 13.3. The van der Waals surface area contributed by atoms with Crippen LogP contribution in [0.15, 0.2) is 12.3 Å². The molecule has 98 valence electrons. The monoisotopic (exact) mass is 267 g/mol. The first-order valence-electron chi connectivity index (χ1n) is 5.97. The van der Waals surface area contributed by atoms with E-state index < -0.39 is 0 Å². The molecule has 1 N–H and O–H groups in total. The Bertz CT molecular complexity index is 523. The maximum atomic E-state index is 6.22. The van der Waals surface area contributed by atoms with Crippen molar-refractivity contribution < 1.29 is 0 Å². The SMILES string of the molecule is CCn1nc(C)cc1C(NC)c1c(Cl)cnn1C. The molecule has 2 aromatic heterocycles. The van der Waals surface area contributed by atoms with Crippen molar-refractivity contribution in [1.82, 2.24) is 24.9 Å². The Morgan fingerprint density at radius 1 is 1.50 bits per heavy atom. The first kappa shape index (κ1) is 13.1. The van der Waals surface area contributed by atoms with E-state index in [0.717, 1.165) is 23.6 Å². The van der Waals surface area contributed by atoms with Crippen molar-refractivity contribution in [3.05, 3.63) is 34.4 Å². The van der Waals surface area contributed by atoms with Crippen molar-refractivity contribution in [3.63, 3.8) is 0 Å². The Balaban J connectivity index is 2.51. The fourth-order valence-corrected chi connectivity index (χ4v) is 2.50. The Morgan fingerprint density at radius 3 is 2.72 bits per heavy atom. The van der Waals surface area contributed by atoms with Crippen LogP contribution in [0, 0.1) is 6.92 Å². The van der Waals surface area contributed by atoms with E-state index in [1.165, 1.54) is 0 Å². The topological polar surface area (TPSA) is 47.7 Å². The van der Waals surface area contributed by atoms with Crippen LogP contribution in [0.5, 0.6) is 0 Å². The van der Waals surface area contributed by atoms with Crippen molar-refractivity contribution in [2.75, 3.05) is 7.05 Å². The van der Waals surface area contributed by atoms with Crippen LogP contribution in [-0.4, -0.2) is 26.6 Å². The highest BCUT2D eigenvalue weighted by atomic mass is 35.5. The highest BCUT2D eigenvalue weighted by Gasteiger charge is 2.23. The molecule has 0 amide bonds. The van der Waals surface area contributed by atoms with Crippen LogP contribution in [-0.2, 0) is 13.6 Å². The highest BCUT2D eigenvalue weighted by Crippen LogP contribution is 2.27. The van der Waals surface area contributed by atoms with Gasteiger partial charge in [-0.3, -0.25) is 9.36 Å². The Morgan fingerprint density at radius 2 is 2.22 bits per heavy atom. The molecule has 6 heteroatoms. The second kappa shape index (κ2) is 5.12. The van der Waals surface area contributed by atoms with E-state index in [0.29, 0.717) is 5.02 Å². The van der Waals surface area contributed by atoms with Gasteiger partial charge < -0.3 is 5.32 Å². The quantitative estimate of drug-likeness (QED) is 0.921. The predicted octanol–water partition coefficient (Wildman–Crippen LogP) is 1.91. The molecule has 0 aromatic carbocycles. The zero-order valence-electron chi connectivity index (χ0n) is 11.1. The number of aromatic nitrogens is 4. The molecule has 0 aliphatic carbocycles. The number of hydrogen-bond acceptors (Lipinski definition) is 3. The molecule has 0 aliphatic heterocycles. The molecule has 1 atom stereocenters. The number of rotatable bonds is 4. The molecule has 0 radical (unpaired) electrons. The van der Waals surface area contributed by atoms with E-state index in [4.69, 9.17) is 11.6 Å². The second-order valence-corrected chi connectivity index (χ2v) is 4.66. The van der Waals surface area contributed by atoms with E-state index in [9.17, 15) is 0 Å². The molecular formula is C12H18ClN5. The summed E-state index contributed by atoms with van der Waals surface area (Å²) in [5.74, 6) is 0. The van der Waals surface area contributed by atoms with Crippen molar-refractivity contribution in [2.45, 2.75) is 26.4 Å². The fraction of sp³-hybridized carbons (Fsp3) is 0.500. The standard InChI is InChI=1S/C12H18ClN5/c1-5-18-10(6-8(2)16-18)11(14-3)12-9(13)7-15-17(12)4/h6-7,11,14H,5H2,1-4H3. The van der Waals surface area contributed by atoms with E-state index in [1.54, 1.807) is 10.9 Å². The van der Waals surface area contributed by atoms with Crippen LogP contribution >= 0.6 is 11.6 Å². The summed E-state index contributed by atoms with van der Waals surface area (Å²) in [5, 5.41) is 12.6. The molecule has 0 saturated heterocycles. The summed E-state index contributed by atoms with van der Waals surface area (Å²) in [6, 6.07) is 2.07. The molecular weight excluding hydrogens is 250 g/mol. The smallest absolute Gasteiger partial charge is 0.0931 e. The van der Waals surface area contributed by atoms with E-state index in [1.807, 2.05) is 25.7 Å². The average molecular weight is 268 g/mol. The normalized spacial score (nSPS) is 12.9. The van der Waals surface area contributed by atoms with Gasteiger partial charge in [0.2, 0.25) is 0 Å². The number of nitrogens with one attached hydrogen (secondary N) is 1. The van der Waals surface area contributed by atoms with Gasteiger partial charge in [-0.05, 0) is 27.0 Å². The molecule has 1 unspecified atom stereocenters. The first-order valence-corrected chi connectivity index (χ1v) is 6.35. The lowest BCUT2D eigenvalue weighted by Crippen LogP contribution is -2.24. The molecule has 0 bridgehead atoms. The third kappa shape index (κ3) is 2.15. The van der Waals surface area contributed by atoms with Crippen molar-refractivity contribution in [3.8, 4) is 0 Å². The van der Waals surface area contributed by atoms with Crippen LogP contribution in [0.4, 0.5) is 0 Å². The average Bonchev–Trinajstić information content (AvgIpc) is 2.87. The minimum Gasteiger partial charge on any atom is -0.307 e. The summed E-state index contributed by atoms with van der Waals surface area (Å²) in [6.07, 6.45) is 1.67. The minimum absolute atomic E-state index is 0.00819. The number of aryl methyl sites for hydroxylation is 3. The molecule has 0 aliphatic rings. The Kier molecular flexibility index (Phi) is 3.73. The van der Waals surface area contributed by atoms with Gasteiger partial charge in [0.05, 0.1) is 34.3 Å². The van der Waals surface area contributed by atoms with Gasteiger partial charge in [-0.15, -0.1) is 0 Å². The molecule has 2 rings (SSSR count). The summed E-state index contributed by atoms with van der Waals surface area (Å²) in [4.78, 5) is 0. The maximum absolute atomic E-state index is 6.22.